The summed E-state index contributed by atoms with van der Waals surface area (Å²) in [6.45, 7) is 3.75. The molecule has 0 radical (unpaired) electrons. The Bertz CT molecular complexity index is 535. The zero-order valence-electron chi connectivity index (χ0n) is 14.7. The quantitative estimate of drug-likeness (QED) is 0.461. The number of carboxylic acid groups (broad SMARTS) is 1. The van der Waals surface area contributed by atoms with Crippen molar-refractivity contribution in [3.05, 3.63) is 28.7 Å². The molecule has 7 nitrogen and oxygen atoms in total. The summed E-state index contributed by atoms with van der Waals surface area (Å²) < 4.78 is 1.11. The molecular weight excluding hydrogens is 390 g/mol. The van der Waals surface area contributed by atoms with Crippen molar-refractivity contribution in [3.63, 3.8) is 0 Å². The minimum absolute atomic E-state index is 0.229. The highest BCUT2D eigenvalue weighted by atomic mass is 79.9. The average Bonchev–Trinajstić information content (AvgIpc) is 2.57. The van der Waals surface area contributed by atoms with Gasteiger partial charge in [-0.25, -0.2) is 0 Å². The van der Waals surface area contributed by atoms with Crippen LogP contribution in [0.15, 0.2) is 28.7 Å². The standard InChI is InChI=1S/C10H18N2O4.C7H8BrN/c1-7(2)3-8(4-11-6-13)10(16)12-5-9(14)15;1-9-7-4-2-6(8)3-5-7/h6-8H,3-5H2,1-2H3,(H,11,13)(H,12,16)(H,14,15);2-5,9H,1H3. The molecule has 0 aliphatic rings. The van der Waals surface area contributed by atoms with Gasteiger partial charge in [-0.05, 0) is 36.6 Å². The zero-order chi connectivity index (χ0) is 19.2. The Kier molecular flexibility index (Phi) is 12.1. The van der Waals surface area contributed by atoms with E-state index in [9.17, 15) is 14.4 Å². The molecule has 140 valence electrons. The van der Waals surface area contributed by atoms with E-state index in [0.717, 1.165) is 10.2 Å². The number of anilines is 1. The number of carboxylic acids is 1. The van der Waals surface area contributed by atoms with Crippen molar-refractivity contribution in [3.8, 4) is 0 Å². The lowest BCUT2D eigenvalue weighted by molar-refractivity contribution is -0.138. The number of carbonyl (C=O) groups is 3. The Morgan fingerprint density at radius 3 is 2.28 bits per heavy atom. The maximum Gasteiger partial charge on any atom is 0.322 e. The third kappa shape index (κ3) is 12.0. The van der Waals surface area contributed by atoms with Crippen molar-refractivity contribution in [1.29, 1.82) is 0 Å². The van der Waals surface area contributed by atoms with Crippen LogP contribution >= 0.6 is 15.9 Å². The average molecular weight is 416 g/mol. The smallest absolute Gasteiger partial charge is 0.322 e. The predicted molar refractivity (Wildman–Crippen MR) is 101 cm³/mol. The molecule has 0 saturated carbocycles. The van der Waals surface area contributed by atoms with E-state index in [1.807, 2.05) is 45.2 Å². The molecule has 4 N–H and O–H groups in total. The molecule has 0 spiro atoms. The van der Waals surface area contributed by atoms with Crippen molar-refractivity contribution in [1.82, 2.24) is 10.6 Å². The van der Waals surface area contributed by atoms with E-state index in [1.54, 1.807) is 0 Å². The number of hydrogen-bond acceptors (Lipinski definition) is 4. The molecule has 1 unspecified atom stereocenters. The molecule has 0 fully saturated rings. The molecule has 8 heteroatoms. The molecule has 1 atom stereocenters. The van der Waals surface area contributed by atoms with Crippen molar-refractivity contribution in [2.45, 2.75) is 20.3 Å². The lowest BCUT2D eigenvalue weighted by Crippen LogP contribution is -2.39. The summed E-state index contributed by atoms with van der Waals surface area (Å²) in [4.78, 5) is 32.0. The predicted octanol–water partition coefficient (Wildman–Crippen LogP) is 2.09. The number of hydrogen-bond donors (Lipinski definition) is 4. The highest BCUT2D eigenvalue weighted by molar-refractivity contribution is 9.10. The normalized spacial score (nSPS) is 10.9. The van der Waals surface area contributed by atoms with Crippen LogP contribution in [0.4, 0.5) is 5.69 Å². The Labute approximate surface area is 156 Å². The van der Waals surface area contributed by atoms with E-state index in [-0.39, 0.29) is 18.4 Å². The second kappa shape index (κ2) is 13.2. The Balaban J connectivity index is 0.000000535. The topological polar surface area (TPSA) is 108 Å². The van der Waals surface area contributed by atoms with E-state index < -0.39 is 12.5 Å². The van der Waals surface area contributed by atoms with Crippen molar-refractivity contribution < 1.29 is 19.5 Å². The molecule has 1 aromatic rings. The van der Waals surface area contributed by atoms with Gasteiger partial charge in [-0.15, -0.1) is 0 Å². The molecule has 0 saturated heterocycles. The summed E-state index contributed by atoms with van der Waals surface area (Å²) in [6.07, 6.45) is 1.13. The first-order valence-corrected chi connectivity index (χ1v) is 8.69. The van der Waals surface area contributed by atoms with Crippen molar-refractivity contribution in [2.75, 3.05) is 25.5 Å². The van der Waals surface area contributed by atoms with Gasteiger partial charge in [-0.3, -0.25) is 14.4 Å². The number of amides is 2. The third-order valence-corrected chi connectivity index (χ3v) is 3.65. The van der Waals surface area contributed by atoms with Crippen LogP contribution in [0.5, 0.6) is 0 Å². The van der Waals surface area contributed by atoms with Crippen LogP contribution in [-0.2, 0) is 14.4 Å². The molecule has 0 aromatic heterocycles. The summed E-state index contributed by atoms with van der Waals surface area (Å²) in [7, 11) is 1.91. The Morgan fingerprint density at radius 2 is 1.84 bits per heavy atom. The second-order valence-corrected chi connectivity index (χ2v) is 6.64. The first-order valence-electron chi connectivity index (χ1n) is 7.90. The number of benzene rings is 1. The van der Waals surface area contributed by atoms with E-state index in [2.05, 4.69) is 31.9 Å². The fraction of sp³-hybridized carbons (Fsp3) is 0.471. The van der Waals surface area contributed by atoms with Gasteiger partial charge in [0.15, 0.2) is 0 Å². The lowest BCUT2D eigenvalue weighted by atomic mass is 9.96. The highest BCUT2D eigenvalue weighted by Gasteiger charge is 2.19. The fourth-order valence-corrected chi connectivity index (χ4v) is 2.23. The second-order valence-electron chi connectivity index (χ2n) is 5.72. The number of carbonyl (C=O) groups excluding carboxylic acids is 2. The van der Waals surface area contributed by atoms with Gasteiger partial charge in [0.25, 0.3) is 0 Å². The van der Waals surface area contributed by atoms with Gasteiger partial charge in [0.05, 0.1) is 5.92 Å². The SMILES string of the molecule is CC(C)CC(CNC=O)C(=O)NCC(=O)O.CNc1ccc(Br)cc1. The maximum absolute atomic E-state index is 11.6. The van der Waals surface area contributed by atoms with E-state index >= 15 is 0 Å². The summed E-state index contributed by atoms with van der Waals surface area (Å²) in [5, 5.41) is 16.2. The van der Waals surface area contributed by atoms with Gasteiger partial charge in [-0.1, -0.05) is 29.8 Å². The van der Waals surface area contributed by atoms with Gasteiger partial charge in [-0.2, -0.15) is 0 Å². The number of halogens is 1. The molecule has 25 heavy (non-hydrogen) atoms. The Morgan fingerprint density at radius 1 is 1.24 bits per heavy atom. The van der Waals surface area contributed by atoms with Crippen LogP contribution in [0.3, 0.4) is 0 Å². The van der Waals surface area contributed by atoms with Crippen LogP contribution in [0, 0.1) is 11.8 Å². The van der Waals surface area contributed by atoms with Crippen LogP contribution in [0.25, 0.3) is 0 Å². The van der Waals surface area contributed by atoms with Crippen LogP contribution in [-0.4, -0.2) is 43.5 Å². The van der Waals surface area contributed by atoms with Crippen LogP contribution < -0.4 is 16.0 Å². The molecule has 1 aromatic carbocycles. The van der Waals surface area contributed by atoms with Gasteiger partial charge < -0.3 is 21.1 Å². The Hall–Kier alpha value is -2.09. The fourth-order valence-electron chi connectivity index (χ4n) is 1.97. The molecular formula is C17H26BrN3O4. The van der Waals surface area contributed by atoms with Crippen molar-refractivity contribution >= 4 is 39.9 Å². The molecule has 0 heterocycles. The van der Waals surface area contributed by atoms with Gasteiger partial charge in [0, 0.05) is 23.8 Å². The molecule has 2 amide bonds. The van der Waals surface area contributed by atoms with Crippen molar-refractivity contribution in [2.24, 2.45) is 11.8 Å². The summed E-state index contributed by atoms with van der Waals surface area (Å²) in [6, 6.07) is 8.05. The first-order chi connectivity index (χ1) is 11.8. The highest BCUT2D eigenvalue weighted by Crippen LogP contribution is 2.13. The van der Waals surface area contributed by atoms with Gasteiger partial charge in [0.2, 0.25) is 12.3 Å². The largest absolute Gasteiger partial charge is 0.480 e. The van der Waals surface area contributed by atoms with Crippen LogP contribution in [0.2, 0.25) is 0 Å². The summed E-state index contributed by atoms with van der Waals surface area (Å²) in [5.41, 5.74) is 1.14. The summed E-state index contributed by atoms with van der Waals surface area (Å²) >= 11 is 3.35. The van der Waals surface area contributed by atoms with Gasteiger partial charge in [0.1, 0.15) is 6.54 Å². The minimum atomic E-state index is -1.08. The zero-order valence-corrected chi connectivity index (χ0v) is 16.3. The molecule has 0 aliphatic heterocycles. The number of rotatable bonds is 9. The lowest BCUT2D eigenvalue weighted by Gasteiger charge is -2.17. The van der Waals surface area contributed by atoms with Crippen LogP contribution in [0.1, 0.15) is 20.3 Å². The first kappa shape index (κ1) is 22.9. The van der Waals surface area contributed by atoms with E-state index in [4.69, 9.17) is 5.11 Å². The number of aliphatic carboxylic acids is 1. The van der Waals surface area contributed by atoms with E-state index in [1.165, 1.54) is 0 Å². The molecule has 1 rings (SSSR count). The maximum atomic E-state index is 11.6. The number of nitrogens with one attached hydrogen (secondary N) is 3. The molecule has 0 aliphatic carbocycles. The van der Waals surface area contributed by atoms with Gasteiger partial charge >= 0.3 is 5.97 Å². The molecule has 0 bridgehead atoms. The monoisotopic (exact) mass is 415 g/mol. The minimum Gasteiger partial charge on any atom is -0.480 e. The summed E-state index contributed by atoms with van der Waals surface area (Å²) in [5.74, 6) is -1.51. The van der Waals surface area contributed by atoms with E-state index in [0.29, 0.717) is 18.7 Å². The third-order valence-electron chi connectivity index (χ3n) is 3.12.